The molecule has 4 nitrogen and oxygen atoms in total. The lowest BCUT2D eigenvalue weighted by molar-refractivity contribution is 0.415. The SMILES string of the molecule is CNCc1cc(C)nc(N(C)c2ccc(OC)cc2)c1. The summed E-state index contributed by atoms with van der Waals surface area (Å²) in [6.07, 6.45) is 0. The number of nitrogens with zero attached hydrogens (tertiary/aromatic N) is 2. The lowest BCUT2D eigenvalue weighted by Gasteiger charge is -2.20. The van der Waals surface area contributed by atoms with Gasteiger partial charge >= 0.3 is 0 Å². The number of aromatic nitrogens is 1. The molecule has 0 saturated heterocycles. The predicted molar refractivity (Wildman–Crippen MR) is 82.8 cm³/mol. The molecule has 0 amide bonds. The van der Waals surface area contributed by atoms with Crippen LogP contribution in [0.5, 0.6) is 5.75 Å². The topological polar surface area (TPSA) is 37.4 Å². The molecule has 1 aromatic carbocycles. The Labute approximate surface area is 120 Å². The molecule has 0 aliphatic heterocycles. The first kappa shape index (κ1) is 14.3. The number of hydrogen-bond donors (Lipinski definition) is 1. The minimum Gasteiger partial charge on any atom is -0.497 e. The van der Waals surface area contributed by atoms with Gasteiger partial charge in [0.2, 0.25) is 0 Å². The number of hydrogen-bond acceptors (Lipinski definition) is 4. The Bertz CT molecular complexity index is 566. The van der Waals surface area contributed by atoms with Gasteiger partial charge in [0, 0.05) is 25.0 Å². The molecule has 0 atom stereocenters. The molecule has 20 heavy (non-hydrogen) atoms. The van der Waals surface area contributed by atoms with Crippen LogP contribution in [0.3, 0.4) is 0 Å². The van der Waals surface area contributed by atoms with Gasteiger partial charge in [-0.2, -0.15) is 0 Å². The molecule has 0 unspecified atom stereocenters. The summed E-state index contributed by atoms with van der Waals surface area (Å²) in [4.78, 5) is 6.68. The third kappa shape index (κ3) is 3.27. The molecule has 106 valence electrons. The molecule has 1 N–H and O–H groups in total. The molecule has 2 aromatic rings. The molecule has 0 radical (unpaired) electrons. The number of pyridine rings is 1. The molecule has 0 fully saturated rings. The Kier molecular flexibility index (Phi) is 4.58. The largest absolute Gasteiger partial charge is 0.497 e. The maximum atomic E-state index is 5.18. The molecule has 1 heterocycles. The molecule has 0 saturated carbocycles. The molecular formula is C16H21N3O. The zero-order valence-electron chi connectivity index (χ0n) is 12.5. The van der Waals surface area contributed by atoms with Crippen molar-refractivity contribution in [2.75, 3.05) is 26.1 Å². The van der Waals surface area contributed by atoms with Gasteiger partial charge in [0.15, 0.2) is 0 Å². The van der Waals surface area contributed by atoms with Crippen molar-refractivity contribution in [3.05, 3.63) is 47.7 Å². The van der Waals surface area contributed by atoms with E-state index in [1.165, 1.54) is 5.56 Å². The summed E-state index contributed by atoms with van der Waals surface area (Å²) >= 11 is 0. The highest BCUT2D eigenvalue weighted by Gasteiger charge is 2.07. The van der Waals surface area contributed by atoms with Gasteiger partial charge in [-0.25, -0.2) is 4.98 Å². The quantitative estimate of drug-likeness (QED) is 0.907. The van der Waals surface area contributed by atoms with Crippen molar-refractivity contribution < 1.29 is 4.74 Å². The molecule has 1 aromatic heterocycles. The van der Waals surface area contributed by atoms with E-state index in [-0.39, 0.29) is 0 Å². The molecule has 0 aliphatic carbocycles. The van der Waals surface area contributed by atoms with Gasteiger partial charge in [0.05, 0.1) is 7.11 Å². The first-order valence-corrected chi connectivity index (χ1v) is 6.64. The van der Waals surface area contributed by atoms with Gasteiger partial charge in [-0.3, -0.25) is 0 Å². The number of benzene rings is 1. The summed E-state index contributed by atoms with van der Waals surface area (Å²) in [6.45, 7) is 2.86. The number of aryl methyl sites for hydroxylation is 1. The zero-order valence-corrected chi connectivity index (χ0v) is 12.5. The molecule has 2 rings (SSSR count). The number of anilines is 2. The average Bonchev–Trinajstić information content (AvgIpc) is 2.46. The molecule has 0 bridgehead atoms. The van der Waals surface area contributed by atoms with E-state index in [0.29, 0.717) is 0 Å². The van der Waals surface area contributed by atoms with Gasteiger partial charge in [-0.1, -0.05) is 0 Å². The van der Waals surface area contributed by atoms with Crippen LogP contribution in [0.1, 0.15) is 11.3 Å². The summed E-state index contributed by atoms with van der Waals surface area (Å²) < 4.78 is 5.18. The third-order valence-corrected chi connectivity index (χ3v) is 3.18. The van der Waals surface area contributed by atoms with E-state index in [1.54, 1.807) is 7.11 Å². The number of rotatable bonds is 5. The standard InChI is InChI=1S/C16H21N3O/c1-12-9-13(11-17-2)10-16(18-12)19(3)14-5-7-15(20-4)8-6-14/h5-10,17H,11H2,1-4H3. The molecule has 0 aliphatic rings. The smallest absolute Gasteiger partial charge is 0.133 e. The van der Waals surface area contributed by atoms with Crippen LogP contribution in [0, 0.1) is 6.92 Å². The van der Waals surface area contributed by atoms with Crippen LogP contribution in [-0.4, -0.2) is 26.2 Å². The summed E-state index contributed by atoms with van der Waals surface area (Å²) in [5.41, 5.74) is 3.34. The maximum Gasteiger partial charge on any atom is 0.133 e. The third-order valence-electron chi connectivity index (χ3n) is 3.18. The van der Waals surface area contributed by atoms with Crippen molar-refractivity contribution in [3.63, 3.8) is 0 Å². The van der Waals surface area contributed by atoms with Gasteiger partial charge < -0.3 is 15.0 Å². The van der Waals surface area contributed by atoms with Crippen molar-refractivity contribution in [1.82, 2.24) is 10.3 Å². The minimum absolute atomic E-state index is 0.840. The Morgan fingerprint density at radius 1 is 1.20 bits per heavy atom. The highest BCUT2D eigenvalue weighted by Crippen LogP contribution is 2.25. The number of methoxy groups -OCH3 is 1. The van der Waals surface area contributed by atoms with E-state index in [0.717, 1.165) is 29.5 Å². The van der Waals surface area contributed by atoms with Crippen LogP contribution < -0.4 is 15.0 Å². The summed E-state index contributed by atoms with van der Waals surface area (Å²) in [5.74, 6) is 1.80. The average molecular weight is 271 g/mol. The van der Waals surface area contributed by atoms with Crippen LogP contribution in [0.25, 0.3) is 0 Å². The fourth-order valence-corrected chi connectivity index (χ4v) is 2.14. The predicted octanol–water partition coefficient (Wildman–Crippen LogP) is 2.89. The van der Waals surface area contributed by atoms with Gasteiger partial charge in [0.25, 0.3) is 0 Å². The van der Waals surface area contributed by atoms with Crippen LogP contribution in [0.15, 0.2) is 36.4 Å². The van der Waals surface area contributed by atoms with Crippen LogP contribution in [0.4, 0.5) is 11.5 Å². The van der Waals surface area contributed by atoms with Crippen LogP contribution >= 0.6 is 0 Å². The number of ether oxygens (including phenoxy) is 1. The van der Waals surface area contributed by atoms with Crippen molar-refractivity contribution in [3.8, 4) is 5.75 Å². The monoisotopic (exact) mass is 271 g/mol. The van der Waals surface area contributed by atoms with Crippen molar-refractivity contribution >= 4 is 11.5 Å². The van der Waals surface area contributed by atoms with Gasteiger partial charge in [-0.05, 0) is 55.9 Å². The lowest BCUT2D eigenvalue weighted by atomic mass is 10.2. The fraction of sp³-hybridized carbons (Fsp3) is 0.312. The first-order valence-electron chi connectivity index (χ1n) is 6.64. The van der Waals surface area contributed by atoms with Gasteiger partial charge in [-0.15, -0.1) is 0 Å². The van der Waals surface area contributed by atoms with E-state index in [9.17, 15) is 0 Å². The summed E-state index contributed by atoms with van der Waals surface area (Å²) in [6, 6.07) is 12.2. The van der Waals surface area contributed by atoms with E-state index < -0.39 is 0 Å². The van der Waals surface area contributed by atoms with Crippen molar-refractivity contribution in [1.29, 1.82) is 0 Å². The second-order valence-electron chi connectivity index (χ2n) is 4.76. The Morgan fingerprint density at radius 2 is 1.90 bits per heavy atom. The molecular weight excluding hydrogens is 250 g/mol. The summed E-state index contributed by atoms with van der Waals surface area (Å²) in [5, 5.41) is 3.17. The zero-order chi connectivity index (χ0) is 14.5. The van der Waals surface area contributed by atoms with Crippen molar-refractivity contribution in [2.45, 2.75) is 13.5 Å². The summed E-state index contributed by atoms with van der Waals surface area (Å²) in [7, 11) is 5.64. The normalized spacial score (nSPS) is 10.4. The maximum absolute atomic E-state index is 5.18. The second kappa shape index (κ2) is 6.39. The van der Waals surface area contributed by atoms with E-state index in [4.69, 9.17) is 4.74 Å². The molecule has 4 heteroatoms. The Morgan fingerprint density at radius 3 is 2.50 bits per heavy atom. The molecule has 0 spiro atoms. The van der Waals surface area contributed by atoms with E-state index in [1.807, 2.05) is 45.3 Å². The highest BCUT2D eigenvalue weighted by atomic mass is 16.5. The number of nitrogens with one attached hydrogen (secondary N) is 1. The Hall–Kier alpha value is -2.07. The van der Waals surface area contributed by atoms with Gasteiger partial charge in [0.1, 0.15) is 11.6 Å². The second-order valence-corrected chi connectivity index (χ2v) is 4.76. The van der Waals surface area contributed by atoms with Crippen LogP contribution in [-0.2, 0) is 6.54 Å². The Balaban J connectivity index is 2.29. The van der Waals surface area contributed by atoms with Crippen molar-refractivity contribution in [2.24, 2.45) is 0 Å². The van der Waals surface area contributed by atoms with E-state index >= 15 is 0 Å². The minimum atomic E-state index is 0.840. The lowest BCUT2D eigenvalue weighted by Crippen LogP contribution is -2.13. The highest BCUT2D eigenvalue weighted by molar-refractivity contribution is 5.60. The first-order chi connectivity index (χ1) is 9.63. The van der Waals surface area contributed by atoms with Crippen LogP contribution in [0.2, 0.25) is 0 Å². The van der Waals surface area contributed by atoms with E-state index in [2.05, 4.69) is 27.3 Å². The fourth-order valence-electron chi connectivity index (χ4n) is 2.14.